The van der Waals surface area contributed by atoms with E-state index in [1.165, 1.54) is 5.69 Å². The second-order valence-corrected chi connectivity index (χ2v) is 3.98. The zero-order chi connectivity index (χ0) is 11.4. The Morgan fingerprint density at radius 3 is 2.44 bits per heavy atom. The van der Waals surface area contributed by atoms with Gasteiger partial charge in [-0.2, -0.15) is 0 Å². The minimum atomic E-state index is 0.265. The summed E-state index contributed by atoms with van der Waals surface area (Å²) in [5, 5.41) is 0. The molecule has 0 aliphatic carbocycles. The molecular weight excluding hydrogens is 200 g/mol. The largest absolute Gasteiger partial charge is 0.368 e. The van der Waals surface area contributed by atoms with Crippen LogP contribution in [0.5, 0.6) is 0 Å². The van der Waals surface area contributed by atoms with E-state index < -0.39 is 0 Å². The van der Waals surface area contributed by atoms with Crippen LogP contribution in [0.4, 0.5) is 5.69 Å². The van der Waals surface area contributed by atoms with Gasteiger partial charge in [-0.15, -0.1) is 0 Å². The normalized spacial score (nSPS) is 16.3. The van der Waals surface area contributed by atoms with Crippen molar-refractivity contribution in [2.24, 2.45) is 0 Å². The second kappa shape index (κ2) is 5.01. The standard InChI is InChI=1S/C13H17N2O/c1-2-13(16)15-10-8-14(9-11-15)12-6-4-3-5-7-12/h4-7H,2,8-11H2,1H3. The van der Waals surface area contributed by atoms with Crippen LogP contribution in [0.3, 0.4) is 0 Å². The summed E-state index contributed by atoms with van der Waals surface area (Å²) in [7, 11) is 0. The summed E-state index contributed by atoms with van der Waals surface area (Å²) < 4.78 is 0. The Morgan fingerprint density at radius 2 is 1.88 bits per heavy atom. The van der Waals surface area contributed by atoms with Gasteiger partial charge in [-0.3, -0.25) is 4.79 Å². The van der Waals surface area contributed by atoms with E-state index in [0.717, 1.165) is 26.2 Å². The Labute approximate surface area is 96.7 Å². The average Bonchev–Trinajstić information content (AvgIpc) is 2.39. The number of benzene rings is 1. The highest BCUT2D eigenvalue weighted by molar-refractivity contribution is 5.76. The minimum Gasteiger partial charge on any atom is -0.368 e. The smallest absolute Gasteiger partial charge is 0.222 e. The number of piperazine rings is 1. The monoisotopic (exact) mass is 217 g/mol. The molecule has 0 N–H and O–H groups in total. The molecule has 1 aromatic rings. The predicted octanol–water partition coefficient (Wildman–Crippen LogP) is 1.55. The zero-order valence-corrected chi connectivity index (χ0v) is 9.65. The van der Waals surface area contributed by atoms with Gasteiger partial charge in [0.05, 0.1) is 0 Å². The van der Waals surface area contributed by atoms with Crippen LogP contribution in [0.1, 0.15) is 13.3 Å². The molecule has 85 valence electrons. The quantitative estimate of drug-likeness (QED) is 0.750. The van der Waals surface area contributed by atoms with E-state index in [9.17, 15) is 4.79 Å². The van der Waals surface area contributed by atoms with Crippen LogP contribution in [0.15, 0.2) is 24.3 Å². The Morgan fingerprint density at radius 1 is 1.25 bits per heavy atom. The van der Waals surface area contributed by atoms with Gasteiger partial charge in [0.1, 0.15) is 0 Å². The number of carbonyl (C=O) groups is 1. The molecule has 1 fully saturated rings. The van der Waals surface area contributed by atoms with Crippen molar-refractivity contribution in [1.29, 1.82) is 0 Å². The van der Waals surface area contributed by atoms with Crippen molar-refractivity contribution in [3.05, 3.63) is 30.3 Å². The van der Waals surface area contributed by atoms with Gasteiger partial charge in [-0.1, -0.05) is 19.1 Å². The molecule has 3 nitrogen and oxygen atoms in total. The van der Waals surface area contributed by atoms with Gasteiger partial charge in [0.25, 0.3) is 0 Å². The lowest BCUT2D eigenvalue weighted by Gasteiger charge is -2.36. The molecule has 1 aliphatic rings. The summed E-state index contributed by atoms with van der Waals surface area (Å²) in [6.45, 7) is 5.45. The highest BCUT2D eigenvalue weighted by atomic mass is 16.2. The summed E-state index contributed by atoms with van der Waals surface area (Å²) >= 11 is 0. The molecule has 0 spiro atoms. The third-order valence-corrected chi connectivity index (χ3v) is 3.00. The lowest BCUT2D eigenvalue weighted by molar-refractivity contribution is -0.131. The minimum absolute atomic E-state index is 0.265. The van der Waals surface area contributed by atoms with Gasteiger partial charge >= 0.3 is 0 Å². The van der Waals surface area contributed by atoms with Crippen molar-refractivity contribution in [1.82, 2.24) is 4.90 Å². The van der Waals surface area contributed by atoms with Gasteiger partial charge in [-0.25, -0.2) is 0 Å². The number of anilines is 1. The molecule has 0 unspecified atom stereocenters. The predicted molar refractivity (Wildman–Crippen MR) is 64.4 cm³/mol. The van der Waals surface area contributed by atoms with E-state index >= 15 is 0 Å². The Hall–Kier alpha value is -1.51. The number of hydrogen-bond acceptors (Lipinski definition) is 2. The maximum absolute atomic E-state index is 11.5. The van der Waals surface area contributed by atoms with Gasteiger partial charge in [0.15, 0.2) is 0 Å². The summed E-state index contributed by atoms with van der Waals surface area (Å²) in [5.74, 6) is 0.265. The number of nitrogens with zero attached hydrogens (tertiary/aromatic N) is 2. The Bertz CT molecular complexity index is 342. The number of rotatable bonds is 2. The number of hydrogen-bond donors (Lipinski definition) is 0. The van der Waals surface area contributed by atoms with Crippen molar-refractivity contribution < 1.29 is 4.79 Å². The van der Waals surface area contributed by atoms with Crippen molar-refractivity contribution >= 4 is 11.6 Å². The molecule has 0 aromatic heterocycles. The first-order valence-corrected chi connectivity index (χ1v) is 5.80. The van der Waals surface area contributed by atoms with E-state index in [-0.39, 0.29) is 5.91 Å². The van der Waals surface area contributed by atoms with Crippen LogP contribution >= 0.6 is 0 Å². The van der Waals surface area contributed by atoms with Crippen molar-refractivity contribution in [2.45, 2.75) is 13.3 Å². The molecule has 0 atom stereocenters. The SMILES string of the molecule is CCC(=O)N1CCN(c2cc[c]cc2)CC1. The van der Waals surface area contributed by atoms with Crippen LogP contribution in [0.25, 0.3) is 0 Å². The van der Waals surface area contributed by atoms with Crippen molar-refractivity contribution in [3.63, 3.8) is 0 Å². The van der Waals surface area contributed by atoms with E-state index in [0.29, 0.717) is 6.42 Å². The molecule has 1 aliphatic heterocycles. The maximum Gasteiger partial charge on any atom is 0.222 e. The first kappa shape index (κ1) is 11.0. The average molecular weight is 217 g/mol. The highest BCUT2D eigenvalue weighted by Gasteiger charge is 2.19. The molecule has 2 rings (SSSR count). The highest BCUT2D eigenvalue weighted by Crippen LogP contribution is 2.15. The lowest BCUT2D eigenvalue weighted by atomic mass is 10.2. The summed E-state index contributed by atoms with van der Waals surface area (Å²) in [6.07, 6.45) is 0.611. The number of carbonyl (C=O) groups excluding carboxylic acids is 1. The molecule has 3 heteroatoms. The maximum atomic E-state index is 11.5. The van der Waals surface area contributed by atoms with Crippen LogP contribution in [0, 0.1) is 6.07 Å². The van der Waals surface area contributed by atoms with Crippen LogP contribution in [0.2, 0.25) is 0 Å². The third kappa shape index (κ3) is 2.35. The van der Waals surface area contributed by atoms with Gasteiger partial charge in [0, 0.05) is 38.3 Å². The summed E-state index contributed by atoms with van der Waals surface area (Å²) in [6, 6.07) is 11.0. The Kier molecular flexibility index (Phi) is 3.44. The fraction of sp³-hybridized carbons (Fsp3) is 0.462. The molecule has 1 aromatic carbocycles. The molecule has 0 bridgehead atoms. The number of amides is 1. The van der Waals surface area contributed by atoms with Crippen LogP contribution < -0.4 is 4.90 Å². The first-order chi connectivity index (χ1) is 7.81. The van der Waals surface area contributed by atoms with Gasteiger partial charge in [0.2, 0.25) is 5.91 Å². The zero-order valence-electron chi connectivity index (χ0n) is 9.65. The third-order valence-electron chi connectivity index (χ3n) is 3.00. The van der Waals surface area contributed by atoms with Crippen molar-refractivity contribution in [2.75, 3.05) is 31.1 Å². The van der Waals surface area contributed by atoms with Crippen molar-refractivity contribution in [3.8, 4) is 0 Å². The molecule has 1 amide bonds. The lowest BCUT2D eigenvalue weighted by Crippen LogP contribution is -2.48. The molecular formula is C13H17N2O. The molecule has 1 heterocycles. The Balaban J connectivity index is 1.93. The van der Waals surface area contributed by atoms with E-state index in [2.05, 4.69) is 23.1 Å². The fourth-order valence-corrected chi connectivity index (χ4v) is 2.03. The molecule has 16 heavy (non-hydrogen) atoms. The second-order valence-electron chi connectivity index (χ2n) is 3.98. The van der Waals surface area contributed by atoms with Crippen LogP contribution in [-0.4, -0.2) is 37.0 Å². The summed E-state index contributed by atoms with van der Waals surface area (Å²) in [5.41, 5.74) is 1.22. The topological polar surface area (TPSA) is 23.6 Å². The van der Waals surface area contributed by atoms with E-state index in [4.69, 9.17) is 0 Å². The molecule has 1 saturated heterocycles. The first-order valence-electron chi connectivity index (χ1n) is 5.80. The van der Waals surface area contributed by atoms with E-state index in [1.807, 2.05) is 24.0 Å². The van der Waals surface area contributed by atoms with Gasteiger partial charge < -0.3 is 9.80 Å². The van der Waals surface area contributed by atoms with E-state index in [1.54, 1.807) is 0 Å². The van der Waals surface area contributed by atoms with Crippen LogP contribution in [-0.2, 0) is 4.79 Å². The molecule has 1 radical (unpaired) electrons. The van der Waals surface area contributed by atoms with Gasteiger partial charge in [-0.05, 0) is 18.2 Å². The molecule has 0 saturated carbocycles. The fourth-order valence-electron chi connectivity index (χ4n) is 2.03. The summed E-state index contributed by atoms with van der Waals surface area (Å²) in [4.78, 5) is 15.8.